The van der Waals surface area contributed by atoms with Gasteiger partial charge in [0, 0.05) is 18.1 Å². The molecule has 0 atom stereocenters. The lowest BCUT2D eigenvalue weighted by Gasteiger charge is -2.03. The van der Waals surface area contributed by atoms with Crippen molar-refractivity contribution in [2.75, 3.05) is 0 Å². The van der Waals surface area contributed by atoms with Gasteiger partial charge in [0.1, 0.15) is 6.33 Å². The fraction of sp³-hybridized carbons (Fsp3) is 0.222. The summed E-state index contributed by atoms with van der Waals surface area (Å²) in [6, 6.07) is 1.86. The van der Waals surface area contributed by atoms with E-state index in [1.165, 1.54) is 0 Å². The van der Waals surface area contributed by atoms with Crippen molar-refractivity contribution in [3.8, 4) is 0 Å². The number of hydrogen-bond acceptors (Lipinski definition) is 4. The first-order chi connectivity index (χ1) is 6.33. The number of aromatic nitrogens is 3. The molecule has 0 saturated carbocycles. The predicted octanol–water partition coefficient (Wildman–Crippen LogP) is 0.792. The molecule has 0 aliphatic heterocycles. The van der Waals surface area contributed by atoms with Gasteiger partial charge in [0.2, 0.25) is 0 Å². The van der Waals surface area contributed by atoms with E-state index in [1.54, 1.807) is 12.5 Å². The fourth-order valence-electron chi connectivity index (χ4n) is 1.39. The number of nitrogens with two attached hydrogens (primary N) is 1. The molecule has 0 aliphatic carbocycles. The molecule has 66 valence electrons. The van der Waals surface area contributed by atoms with Gasteiger partial charge in [0.25, 0.3) is 0 Å². The van der Waals surface area contributed by atoms with E-state index in [4.69, 9.17) is 5.73 Å². The lowest BCUT2D eigenvalue weighted by atomic mass is 10.2. The summed E-state index contributed by atoms with van der Waals surface area (Å²) in [7, 11) is 0. The van der Waals surface area contributed by atoms with Crippen LogP contribution < -0.4 is 5.73 Å². The van der Waals surface area contributed by atoms with E-state index in [2.05, 4.69) is 15.0 Å². The van der Waals surface area contributed by atoms with Crippen molar-refractivity contribution in [1.29, 1.82) is 0 Å². The summed E-state index contributed by atoms with van der Waals surface area (Å²) in [4.78, 5) is 12.4. The number of hydrogen-bond donors (Lipinski definition) is 1. The molecule has 0 bridgehead atoms. The van der Waals surface area contributed by atoms with Crippen LogP contribution in [0.5, 0.6) is 0 Å². The molecule has 0 amide bonds. The second-order valence-electron chi connectivity index (χ2n) is 2.81. The molecule has 0 saturated heterocycles. The minimum absolute atomic E-state index is 0.422. The standard InChI is InChI=1S/C9H10N4/c1-6-9-7(13-5-12-6)2-3-11-8(9)4-10/h2-3,5H,4,10H2,1H3. The molecule has 13 heavy (non-hydrogen) atoms. The van der Waals surface area contributed by atoms with Crippen LogP contribution in [0.15, 0.2) is 18.6 Å². The summed E-state index contributed by atoms with van der Waals surface area (Å²) in [6.45, 7) is 2.36. The van der Waals surface area contributed by atoms with Crippen molar-refractivity contribution in [2.24, 2.45) is 5.73 Å². The molecule has 2 rings (SSSR count). The maximum absolute atomic E-state index is 5.57. The molecule has 2 N–H and O–H groups in total. The van der Waals surface area contributed by atoms with Crippen LogP contribution in [0.25, 0.3) is 10.9 Å². The molecule has 2 heterocycles. The minimum atomic E-state index is 0.422. The Morgan fingerprint density at radius 3 is 2.92 bits per heavy atom. The molecule has 2 aromatic heterocycles. The summed E-state index contributed by atoms with van der Waals surface area (Å²) in [5.74, 6) is 0. The second-order valence-corrected chi connectivity index (χ2v) is 2.81. The van der Waals surface area contributed by atoms with Crippen LogP contribution >= 0.6 is 0 Å². The van der Waals surface area contributed by atoms with Gasteiger partial charge in [-0.2, -0.15) is 0 Å². The van der Waals surface area contributed by atoms with Crippen molar-refractivity contribution >= 4 is 10.9 Å². The molecule has 0 fully saturated rings. The minimum Gasteiger partial charge on any atom is -0.325 e. The second kappa shape index (κ2) is 3.06. The van der Waals surface area contributed by atoms with Gasteiger partial charge in [0.15, 0.2) is 0 Å². The third kappa shape index (κ3) is 1.25. The lowest BCUT2D eigenvalue weighted by molar-refractivity contribution is 0.996. The highest BCUT2D eigenvalue weighted by molar-refractivity contribution is 5.82. The molecule has 0 radical (unpaired) electrons. The van der Waals surface area contributed by atoms with Gasteiger partial charge in [-0.15, -0.1) is 0 Å². The Morgan fingerprint density at radius 2 is 2.15 bits per heavy atom. The summed E-state index contributed by atoms with van der Waals surface area (Å²) in [5.41, 5.74) is 8.26. The molecular weight excluding hydrogens is 164 g/mol. The molecule has 2 aromatic rings. The molecule has 0 aromatic carbocycles. The van der Waals surface area contributed by atoms with Crippen LogP contribution in [0.4, 0.5) is 0 Å². The Balaban J connectivity index is 2.87. The van der Waals surface area contributed by atoms with E-state index < -0.39 is 0 Å². The Labute approximate surface area is 75.8 Å². The zero-order chi connectivity index (χ0) is 9.26. The van der Waals surface area contributed by atoms with E-state index in [0.29, 0.717) is 6.54 Å². The van der Waals surface area contributed by atoms with Gasteiger partial charge in [-0.3, -0.25) is 4.98 Å². The smallest absolute Gasteiger partial charge is 0.116 e. The molecule has 4 heteroatoms. The maximum atomic E-state index is 5.57. The quantitative estimate of drug-likeness (QED) is 0.694. The van der Waals surface area contributed by atoms with Gasteiger partial charge in [-0.25, -0.2) is 9.97 Å². The van der Waals surface area contributed by atoms with Crippen molar-refractivity contribution < 1.29 is 0 Å². The maximum Gasteiger partial charge on any atom is 0.116 e. The van der Waals surface area contributed by atoms with Gasteiger partial charge < -0.3 is 5.73 Å². The molecule has 4 nitrogen and oxygen atoms in total. The van der Waals surface area contributed by atoms with Crippen LogP contribution in [0, 0.1) is 6.92 Å². The summed E-state index contributed by atoms with van der Waals surface area (Å²) in [5, 5.41) is 0.979. The summed E-state index contributed by atoms with van der Waals surface area (Å²) in [6.07, 6.45) is 3.27. The SMILES string of the molecule is Cc1ncnc2ccnc(CN)c12. The third-order valence-corrected chi connectivity index (χ3v) is 2.01. The third-order valence-electron chi connectivity index (χ3n) is 2.01. The van der Waals surface area contributed by atoms with Gasteiger partial charge >= 0.3 is 0 Å². The van der Waals surface area contributed by atoms with E-state index >= 15 is 0 Å². The normalized spacial score (nSPS) is 10.6. The Bertz CT molecular complexity index is 433. The van der Waals surface area contributed by atoms with Crippen LogP contribution in [-0.2, 0) is 6.54 Å². The number of fused-ring (bicyclic) bond motifs is 1. The first kappa shape index (κ1) is 8.07. The zero-order valence-electron chi connectivity index (χ0n) is 7.36. The Hall–Kier alpha value is -1.55. The molecular formula is C9H10N4. The van der Waals surface area contributed by atoms with Crippen molar-refractivity contribution in [3.63, 3.8) is 0 Å². The molecule has 0 aliphatic rings. The van der Waals surface area contributed by atoms with E-state index in [0.717, 1.165) is 22.3 Å². The molecule has 0 unspecified atom stereocenters. The van der Waals surface area contributed by atoms with E-state index in [1.807, 2.05) is 13.0 Å². The number of nitrogens with zero attached hydrogens (tertiary/aromatic N) is 3. The van der Waals surface area contributed by atoms with Gasteiger partial charge in [-0.1, -0.05) is 0 Å². The summed E-state index contributed by atoms with van der Waals surface area (Å²) < 4.78 is 0. The van der Waals surface area contributed by atoms with E-state index in [9.17, 15) is 0 Å². The first-order valence-electron chi connectivity index (χ1n) is 4.08. The average molecular weight is 174 g/mol. The highest BCUT2D eigenvalue weighted by atomic mass is 14.8. The van der Waals surface area contributed by atoms with Crippen LogP contribution in [0.1, 0.15) is 11.4 Å². The summed E-state index contributed by atoms with van der Waals surface area (Å²) >= 11 is 0. The molecule has 0 spiro atoms. The average Bonchev–Trinajstić information content (AvgIpc) is 2.17. The van der Waals surface area contributed by atoms with Gasteiger partial charge in [-0.05, 0) is 13.0 Å². The number of aryl methyl sites for hydroxylation is 1. The zero-order valence-corrected chi connectivity index (χ0v) is 7.36. The van der Waals surface area contributed by atoms with Crippen LogP contribution in [-0.4, -0.2) is 15.0 Å². The Morgan fingerprint density at radius 1 is 1.31 bits per heavy atom. The van der Waals surface area contributed by atoms with Crippen molar-refractivity contribution in [3.05, 3.63) is 30.0 Å². The monoisotopic (exact) mass is 174 g/mol. The fourth-order valence-corrected chi connectivity index (χ4v) is 1.39. The topological polar surface area (TPSA) is 64.7 Å². The van der Waals surface area contributed by atoms with Crippen LogP contribution in [0.2, 0.25) is 0 Å². The highest BCUT2D eigenvalue weighted by Gasteiger charge is 2.04. The number of pyridine rings is 1. The number of rotatable bonds is 1. The lowest BCUT2D eigenvalue weighted by Crippen LogP contribution is -2.02. The van der Waals surface area contributed by atoms with E-state index in [-0.39, 0.29) is 0 Å². The van der Waals surface area contributed by atoms with Gasteiger partial charge in [0.05, 0.1) is 16.9 Å². The van der Waals surface area contributed by atoms with Crippen LogP contribution in [0.3, 0.4) is 0 Å². The highest BCUT2D eigenvalue weighted by Crippen LogP contribution is 2.15. The Kier molecular flexibility index (Phi) is 1.90. The first-order valence-corrected chi connectivity index (χ1v) is 4.08. The van der Waals surface area contributed by atoms with Crippen molar-refractivity contribution in [2.45, 2.75) is 13.5 Å². The largest absolute Gasteiger partial charge is 0.325 e. The van der Waals surface area contributed by atoms with Crippen molar-refractivity contribution in [1.82, 2.24) is 15.0 Å². The predicted molar refractivity (Wildman–Crippen MR) is 50.0 cm³/mol.